The van der Waals surface area contributed by atoms with Crippen LogP contribution in [0.25, 0.3) is 0 Å². The minimum atomic E-state index is -2.05. The van der Waals surface area contributed by atoms with Crippen molar-refractivity contribution in [3.8, 4) is 5.75 Å². The number of allylic oxidation sites excluding steroid dienone is 4. The maximum Gasteiger partial charge on any atom is 0.192 e. The molecule has 5 nitrogen and oxygen atoms in total. The first-order chi connectivity index (χ1) is 16.3. The minimum Gasteiger partial charge on any atom is -0.497 e. The molecule has 1 aromatic rings. The summed E-state index contributed by atoms with van der Waals surface area (Å²) in [5.74, 6) is 0.708. The van der Waals surface area contributed by atoms with Gasteiger partial charge in [0.05, 0.1) is 25.7 Å². The first-order valence-corrected chi connectivity index (χ1v) is 15.6. The van der Waals surface area contributed by atoms with Crippen LogP contribution in [0.15, 0.2) is 48.1 Å². The molecule has 0 aromatic heterocycles. The number of benzene rings is 1. The monoisotopic (exact) mass is 502 g/mol. The Morgan fingerprint density at radius 3 is 2.40 bits per heavy atom. The van der Waals surface area contributed by atoms with Crippen LogP contribution in [0.2, 0.25) is 18.1 Å². The SMILES string of the molecule is C/C=C\[C@H](C)/C=C(\C)C(=O)[C@H](CO[Si](C)(C)C(C)(C)C)[C@H]1OC(c2ccc(OC)cc2)OC[C@H]1C. The van der Waals surface area contributed by atoms with E-state index in [1.165, 1.54) is 0 Å². The zero-order valence-electron chi connectivity index (χ0n) is 23.4. The topological polar surface area (TPSA) is 54.0 Å². The van der Waals surface area contributed by atoms with Crippen molar-refractivity contribution in [2.24, 2.45) is 17.8 Å². The van der Waals surface area contributed by atoms with Crippen LogP contribution in [0.5, 0.6) is 5.75 Å². The van der Waals surface area contributed by atoms with Crippen molar-refractivity contribution in [1.29, 1.82) is 0 Å². The molecule has 0 bridgehead atoms. The second-order valence-electron chi connectivity index (χ2n) is 11.3. The van der Waals surface area contributed by atoms with Crippen LogP contribution in [0, 0.1) is 17.8 Å². The molecule has 1 fully saturated rings. The number of hydrogen-bond donors (Lipinski definition) is 0. The molecule has 0 N–H and O–H groups in total. The highest BCUT2D eigenvalue weighted by atomic mass is 28.4. The maximum atomic E-state index is 13.8. The molecule has 1 aromatic carbocycles. The lowest BCUT2D eigenvalue weighted by Gasteiger charge is -2.41. The van der Waals surface area contributed by atoms with Crippen LogP contribution in [-0.4, -0.2) is 40.5 Å². The van der Waals surface area contributed by atoms with Gasteiger partial charge in [-0.05, 0) is 55.6 Å². The summed E-state index contributed by atoms with van der Waals surface area (Å²) in [4.78, 5) is 13.8. The summed E-state index contributed by atoms with van der Waals surface area (Å²) in [6, 6.07) is 7.69. The largest absolute Gasteiger partial charge is 0.497 e. The highest BCUT2D eigenvalue weighted by Crippen LogP contribution is 2.39. The van der Waals surface area contributed by atoms with E-state index in [-0.39, 0.29) is 28.8 Å². The first-order valence-electron chi connectivity index (χ1n) is 12.7. The van der Waals surface area contributed by atoms with Crippen LogP contribution in [-0.2, 0) is 18.7 Å². The van der Waals surface area contributed by atoms with Crippen LogP contribution in [0.3, 0.4) is 0 Å². The summed E-state index contributed by atoms with van der Waals surface area (Å²) in [5.41, 5.74) is 1.66. The lowest BCUT2D eigenvalue weighted by Crippen LogP contribution is -2.48. The van der Waals surface area contributed by atoms with Crippen molar-refractivity contribution >= 4 is 14.1 Å². The van der Waals surface area contributed by atoms with E-state index in [1.54, 1.807) is 7.11 Å². The standard InChI is InChI=1S/C29H46O5Si/c1-11-12-20(2)17-21(3)26(30)25(19-33-35(9,10)29(5,6)7)27-22(4)18-32-28(34-27)23-13-15-24(31-8)16-14-23/h11-17,20,22,25,27-28H,18-19H2,1-10H3/b12-11-,21-17+/t20-,22+,25-,27-,28?/m0/s1. The van der Waals surface area contributed by atoms with Crippen molar-refractivity contribution < 1.29 is 23.4 Å². The van der Waals surface area contributed by atoms with Gasteiger partial charge in [0, 0.05) is 18.1 Å². The maximum absolute atomic E-state index is 13.8. The predicted molar refractivity (Wildman–Crippen MR) is 145 cm³/mol. The summed E-state index contributed by atoms with van der Waals surface area (Å²) >= 11 is 0. The molecule has 1 saturated heterocycles. The van der Waals surface area contributed by atoms with E-state index >= 15 is 0 Å². The second kappa shape index (κ2) is 12.5. The van der Waals surface area contributed by atoms with Gasteiger partial charge in [-0.15, -0.1) is 0 Å². The normalized spacial score (nSPS) is 23.8. The number of methoxy groups -OCH3 is 1. The van der Waals surface area contributed by atoms with Gasteiger partial charge in [-0.25, -0.2) is 0 Å². The first kappa shape index (κ1) is 29.5. The smallest absolute Gasteiger partial charge is 0.192 e. The Balaban J connectivity index is 2.35. The number of hydrogen-bond acceptors (Lipinski definition) is 5. The van der Waals surface area contributed by atoms with E-state index in [4.69, 9.17) is 18.6 Å². The zero-order valence-corrected chi connectivity index (χ0v) is 24.4. The van der Waals surface area contributed by atoms with Gasteiger partial charge in [0.25, 0.3) is 0 Å². The number of rotatable bonds is 10. The van der Waals surface area contributed by atoms with Gasteiger partial charge in [-0.3, -0.25) is 4.79 Å². The number of ketones is 1. The fourth-order valence-corrected chi connectivity index (χ4v) is 5.07. The zero-order chi connectivity index (χ0) is 26.4. The third kappa shape index (κ3) is 7.87. The fraction of sp³-hybridized carbons (Fsp3) is 0.621. The molecule has 0 spiro atoms. The van der Waals surface area contributed by atoms with Crippen molar-refractivity contribution in [3.05, 3.63) is 53.6 Å². The fourth-order valence-electron chi connectivity index (χ4n) is 4.04. The molecule has 196 valence electrons. The lowest BCUT2D eigenvalue weighted by molar-refractivity contribution is -0.250. The average molecular weight is 503 g/mol. The average Bonchev–Trinajstić information content (AvgIpc) is 2.79. The van der Waals surface area contributed by atoms with Gasteiger partial charge < -0.3 is 18.6 Å². The van der Waals surface area contributed by atoms with Crippen LogP contribution in [0.4, 0.5) is 0 Å². The molecule has 6 heteroatoms. The van der Waals surface area contributed by atoms with Crippen molar-refractivity contribution in [3.63, 3.8) is 0 Å². The molecule has 1 aliphatic heterocycles. The van der Waals surface area contributed by atoms with Gasteiger partial charge in [0.1, 0.15) is 5.75 Å². The molecule has 0 saturated carbocycles. The summed E-state index contributed by atoms with van der Waals surface area (Å²) in [6.07, 6.45) is 5.29. The van der Waals surface area contributed by atoms with E-state index in [9.17, 15) is 4.79 Å². The molecule has 0 amide bonds. The van der Waals surface area contributed by atoms with Gasteiger partial charge in [0.2, 0.25) is 0 Å². The number of Topliss-reactive ketones (excluding diaryl/α,β-unsaturated/α-hetero) is 1. The molecular weight excluding hydrogens is 456 g/mol. The van der Waals surface area contributed by atoms with E-state index in [1.807, 2.05) is 50.3 Å². The molecule has 0 aliphatic carbocycles. The van der Waals surface area contributed by atoms with E-state index in [0.29, 0.717) is 13.2 Å². The molecule has 2 rings (SSSR count). The van der Waals surface area contributed by atoms with E-state index in [0.717, 1.165) is 16.9 Å². The third-order valence-corrected chi connectivity index (χ3v) is 11.8. The predicted octanol–water partition coefficient (Wildman–Crippen LogP) is 7.11. The Bertz CT molecular complexity index is 881. The minimum absolute atomic E-state index is 0.0553. The highest BCUT2D eigenvalue weighted by Gasteiger charge is 2.43. The van der Waals surface area contributed by atoms with Crippen molar-refractivity contribution in [1.82, 2.24) is 0 Å². The summed E-state index contributed by atoms with van der Waals surface area (Å²) < 4.78 is 24.4. The van der Waals surface area contributed by atoms with Gasteiger partial charge >= 0.3 is 0 Å². The Morgan fingerprint density at radius 1 is 1.23 bits per heavy atom. The van der Waals surface area contributed by atoms with E-state index in [2.05, 4.69) is 53.8 Å². The molecule has 5 atom stereocenters. The van der Waals surface area contributed by atoms with Gasteiger partial charge in [-0.2, -0.15) is 0 Å². The molecule has 0 radical (unpaired) electrons. The Kier molecular flexibility index (Phi) is 10.5. The van der Waals surface area contributed by atoms with Crippen molar-refractivity contribution in [2.75, 3.05) is 20.3 Å². The third-order valence-electron chi connectivity index (χ3n) is 7.30. The second-order valence-corrected chi connectivity index (χ2v) is 16.1. The molecule has 1 unspecified atom stereocenters. The van der Waals surface area contributed by atoms with Gasteiger partial charge in [0.15, 0.2) is 20.4 Å². The number of ether oxygens (including phenoxy) is 3. The van der Waals surface area contributed by atoms with Crippen LogP contribution in [0.1, 0.15) is 60.3 Å². The quantitative estimate of drug-likeness (QED) is 0.194. The van der Waals surface area contributed by atoms with Gasteiger partial charge in [-0.1, -0.05) is 65.0 Å². The molecule has 1 aliphatic rings. The van der Waals surface area contributed by atoms with Crippen LogP contribution >= 0.6 is 0 Å². The lowest BCUT2D eigenvalue weighted by atomic mass is 9.85. The van der Waals surface area contributed by atoms with Crippen LogP contribution < -0.4 is 4.74 Å². The highest BCUT2D eigenvalue weighted by molar-refractivity contribution is 6.74. The van der Waals surface area contributed by atoms with E-state index < -0.39 is 20.5 Å². The molecular formula is C29H46O5Si. The Hall–Kier alpha value is -1.73. The summed E-state index contributed by atoms with van der Waals surface area (Å²) in [5, 5.41) is 0.0553. The number of carbonyl (C=O) groups is 1. The summed E-state index contributed by atoms with van der Waals surface area (Å²) in [6.45, 7) is 20.0. The molecule has 35 heavy (non-hydrogen) atoms. The van der Waals surface area contributed by atoms with Crippen molar-refractivity contribution in [2.45, 2.75) is 79.0 Å². The Morgan fingerprint density at radius 2 is 1.86 bits per heavy atom. The molecule has 1 heterocycles. The Labute approximate surface area is 214 Å². The summed E-state index contributed by atoms with van der Waals surface area (Å²) in [7, 11) is -0.409. The number of carbonyl (C=O) groups excluding carboxylic acids is 1.